The van der Waals surface area contributed by atoms with Crippen molar-refractivity contribution < 1.29 is 28.7 Å². The second kappa shape index (κ2) is 20.2. The predicted molar refractivity (Wildman–Crippen MR) is 155 cm³/mol. The van der Waals surface area contributed by atoms with E-state index < -0.39 is 11.8 Å². The van der Waals surface area contributed by atoms with Crippen molar-refractivity contribution in [2.45, 2.75) is 59.3 Å². The van der Waals surface area contributed by atoms with E-state index >= 15 is 0 Å². The first-order valence-corrected chi connectivity index (χ1v) is 13.7. The van der Waals surface area contributed by atoms with Gasteiger partial charge in [-0.2, -0.15) is 0 Å². The molecule has 0 aliphatic rings. The highest BCUT2D eigenvalue weighted by Crippen LogP contribution is 2.11. The van der Waals surface area contributed by atoms with Gasteiger partial charge in [-0.1, -0.05) is 25.5 Å². The molecule has 1 unspecified atom stereocenters. The van der Waals surface area contributed by atoms with Gasteiger partial charge >= 0.3 is 6.03 Å². The number of anilines is 1. The van der Waals surface area contributed by atoms with E-state index in [-0.39, 0.29) is 42.9 Å². The molecule has 1 atom stereocenters. The summed E-state index contributed by atoms with van der Waals surface area (Å²) in [6.45, 7) is 7.34. The third kappa shape index (κ3) is 17.0. The van der Waals surface area contributed by atoms with Gasteiger partial charge in [0, 0.05) is 63.1 Å². The van der Waals surface area contributed by atoms with Gasteiger partial charge in [0.05, 0.1) is 6.61 Å². The van der Waals surface area contributed by atoms with Crippen molar-refractivity contribution in [1.82, 2.24) is 21.3 Å². The highest BCUT2D eigenvalue weighted by Gasteiger charge is 2.10. The number of unbranched alkanes of at least 4 members (excludes halogenated alkanes) is 1. The molecule has 1 aromatic carbocycles. The minimum atomic E-state index is -0.440. The molecule has 1 rings (SSSR count). The lowest BCUT2D eigenvalue weighted by Crippen LogP contribution is -2.37. The fourth-order valence-corrected chi connectivity index (χ4v) is 3.47. The molecule has 0 heterocycles. The maximum absolute atomic E-state index is 12.1. The van der Waals surface area contributed by atoms with Crippen LogP contribution in [-0.2, 0) is 30.3 Å². The number of allylic oxidation sites excluding steroid dienone is 2. The van der Waals surface area contributed by atoms with Gasteiger partial charge in [0.2, 0.25) is 11.8 Å². The van der Waals surface area contributed by atoms with Gasteiger partial charge in [0.25, 0.3) is 0 Å². The molecule has 11 nitrogen and oxygen atoms in total. The van der Waals surface area contributed by atoms with Crippen LogP contribution in [0.2, 0.25) is 0 Å². The Morgan fingerprint density at radius 2 is 1.52 bits per heavy atom. The number of hydrogen-bond donors (Lipinski definition) is 5. The van der Waals surface area contributed by atoms with Crippen molar-refractivity contribution in [2.75, 3.05) is 45.2 Å². The van der Waals surface area contributed by atoms with Crippen LogP contribution in [0.5, 0.6) is 0 Å². The summed E-state index contributed by atoms with van der Waals surface area (Å²) in [6.07, 6.45) is 4.66. The standard InChI is InChI=1S/C29H45N5O6/c1-21(23(3)35)8-5-6-13-32-29(39)33-14-7-16-40-17-15-31-27(37)20-28(38)34-25-11-9-24(10-12-25)19-26(36)18-22(2)30-4/h9-12,18,21,30H,5-8,13-17,19-20H2,1-4H3,(H,31,37)(H,34,38)(H2,32,33,39)/b22-18-. The first-order chi connectivity index (χ1) is 19.1. The Morgan fingerprint density at radius 1 is 0.850 bits per heavy atom. The Hall–Kier alpha value is -3.73. The van der Waals surface area contributed by atoms with Gasteiger partial charge in [-0.25, -0.2) is 4.79 Å². The lowest BCUT2D eigenvalue weighted by Gasteiger charge is -2.10. The first kappa shape index (κ1) is 34.3. The Labute approximate surface area is 237 Å². The van der Waals surface area contributed by atoms with Crippen LogP contribution in [0.1, 0.15) is 58.4 Å². The molecule has 0 aliphatic carbocycles. The van der Waals surface area contributed by atoms with Gasteiger partial charge in [0.15, 0.2) is 5.78 Å². The number of hydrogen-bond acceptors (Lipinski definition) is 7. The summed E-state index contributed by atoms with van der Waals surface area (Å²) in [5, 5.41) is 13.7. The fourth-order valence-electron chi connectivity index (χ4n) is 3.47. The van der Waals surface area contributed by atoms with Gasteiger partial charge < -0.3 is 31.3 Å². The maximum atomic E-state index is 12.1. The number of nitrogens with one attached hydrogen (secondary N) is 5. The number of Topliss-reactive ketones (excluding diaryl/α,β-unsaturated/α-hetero) is 1. The fraction of sp³-hybridized carbons (Fsp3) is 0.552. The average molecular weight is 560 g/mol. The van der Waals surface area contributed by atoms with Gasteiger partial charge in [-0.3, -0.25) is 19.2 Å². The summed E-state index contributed by atoms with van der Waals surface area (Å²) in [7, 11) is 1.75. The lowest BCUT2D eigenvalue weighted by atomic mass is 10.0. The minimum absolute atomic E-state index is 0.0243. The lowest BCUT2D eigenvalue weighted by molar-refractivity contribution is -0.127. The van der Waals surface area contributed by atoms with Crippen molar-refractivity contribution in [3.05, 3.63) is 41.6 Å². The Morgan fingerprint density at radius 3 is 2.17 bits per heavy atom. The number of carbonyl (C=O) groups is 5. The quantitative estimate of drug-likeness (QED) is 0.0934. The summed E-state index contributed by atoms with van der Waals surface area (Å²) < 4.78 is 5.44. The molecule has 0 bridgehead atoms. The zero-order valence-electron chi connectivity index (χ0n) is 24.2. The van der Waals surface area contributed by atoms with Gasteiger partial charge in [-0.15, -0.1) is 0 Å². The number of amides is 4. The Balaban J connectivity index is 2.07. The van der Waals surface area contributed by atoms with E-state index in [1.54, 1.807) is 44.3 Å². The summed E-state index contributed by atoms with van der Waals surface area (Å²) in [5.74, 6) is -0.619. The number of carbonyl (C=O) groups excluding carboxylic acids is 5. The molecule has 0 radical (unpaired) electrons. The summed E-state index contributed by atoms with van der Waals surface area (Å²) in [5.41, 5.74) is 2.15. The molecule has 0 aliphatic heterocycles. The zero-order valence-corrected chi connectivity index (χ0v) is 24.2. The van der Waals surface area contributed by atoms with Gasteiger partial charge in [-0.05, 0) is 50.8 Å². The third-order valence-corrected chi connectivity index (χ3v) is 6.07. The average Bonchev–Trinajstić information content (AvgIpc) is 2.90. The van der Waals surface area contributed by atoms with E-state index in [9.17, 15) is 24.0 Å². The highest BCUT2D eigenvalue weighted by molar-refractivity contribution is 6.03. The van der Waals surface area contributed by atoms with Crippen LogP contribution in [-0.4, -0.2) is 69.3 Å². The van der Waals surface area contributed by atoms with Crippen LogP contribution < -0.4 is 26.6 Å². The van der Waals surface area contributed by atoms with Crippen LogP contribution in [0.4, 0.5) is 10.5 Å². The van der Waals surface area contributed by atoms with Crippen molar-refractivity contribution in [1.29, 1.82) is 0 Å². The van der Waals surface area contributed by atoms with E-state index in [1.165, 1.54) is 0 Å². The topological polar surface area (TPSA) is 155 Å². The molecule has 222 valence electrons. The van der Waals surface area contributed by atoms with E-state index in [4.69, 9.17) is 4.74 Å². The molecule has 40 heavy (non-hydrogen) atoms. The van der Waals surface area contributed by atoms with Crippen LogP contribution in [0.25, 0.3) is 0 Å². The molecule has 0 saturated carbocycles. The number of ketones is 2. The SMILES string of the molecule is CN/C(C)=C\C(=O)Cc1ccc(NC(=O)CC(=O)NCCOCCCNC(=O)NCCCCC(C)C(C)=O)cc1. The molecular weight excluding hydrogens is 514 g/mol. The van der Waals surface area contributed by atoms with Crippen molar-refractivity contribution in [2.24, 2.45) is 5.92 Å². The Kier molecular flexibility index (Phi) is 17.3. The van der Waals surface area contributed by atoms with E-state index in [2.05, 4.69) is 26.6 Å². The van der Waals surface area contributed by atoms with Crippen LogP contribution >= 0.6 is 0 Å². The minimum Gasteiger partial charge on any atom is -0.392 e. The van der Waals surface area contributed by atoms with E-state index in [0.29, 0.717) is 38.4 Å². The normalized spacial score (nSPS) is 11.8. The molecular formula is C29H45N5O6. The molecule has 0 fully saturated rings. The van der Waals surface area contributed by atoms with Gasteiger partial charge in [0.1, 0.15) is 12.2 Å². The number of benzene rings is 1. The predicted octanol–water partition coefficient (Wildman–Crippen LogP) is 2.47. The molecule has 11 heteroatoms. The third-order valence-electron chi connectivity index (χ3n) is 6.07. The van der Waals surface area contributed by atoms with Crippen LogP contribution in [0.3, 0.4) is 0 Å². The zero-order chi connectivity index (χ0) is 29.8. The number of urea groups is 1. The van der Waals surface area contributed by atoms with Crippen LogP contribution in [0.15, 0.2) is 36.0 Å². The first-order valence-electron chi connectivity index (χ1n) is 13.7. The monoisotopic (exact) mass is 559 g/mol. The van der Waals surface area contributed by atoms with Crippen molar-refractivity contribution in [3.8, 4) is 0 Å². The molecule has 4 amide bonds. The molecule has 1 aromatic rings. The summed E-state index contributed by atoms with van der Waals surface area (Å²) in [6, 6.07) is 6.67. The largest absolute Gasteiger partial charge is 0.392 e. The Bertz CT molecular complexity index is 993. The van der Waals surface area contributed by atoms with Crippen LogP contribution in [0, 0.1) is 5.92 Å². The maximum Gasteiger partial charge on any atom is 0.314 e. The van der Waals surface area contributed by atoms with E-state index in [0.717, 1.165) is 30.5 Å². The second-order valence-corrected chi connectivity index (χ2v) is 9.65. The molecule has 0 saturated heterocycles. The molecule has 0 aromatic heterocycles. The number of ether oxygens (including phenoxy) is 1. The van der Waals surface area contributed by atoms with Crippen molar-refractivity contribution >= 4 is 35.1 Å². The van der Waals surface area contributed by atoms with E-state index in [1.807, 2.05) is 13.8 Å². The number of rotatable bonds is 20. The summed E-state index contributed by atoms with van der Waals surface area (Å²) >= 11 is 0. The highest BCUT2D eigenvalue weighted by atomic mass is 16.5. The molecule has 0 spiro atoms. The summed E-state index contributed by atoms with van der Waals surface area (Å²) in [4.78, 5) is 59.0. The second-order valence-electron chi connectivity index (χ2n) is 9.65. The smallest absolute Gasteiger partial charge is 0.314 e. The van der Waals surface area contributed by atoms with Crippen molar-refractivity contribution in [3.63, 3.8) is 0 Å². The molecule has 5 N–H and O–H groups in total.